The lowest BCUT2D eigenvalue weighted by molar-refractivity contribution is 0.00567. The van der Waals surface area contributed by atoms with Gasteiger partial charge in [0.1, 0.15) is 5.75 Å². The van der Waals surface area contributed by atoms with Crippen LogP contribution < -0.4 is 4.74 Å². The topological polar surface area (TPSA) is 52.4 Å². The van der Waals surface area contributed by atoms with Crippen LogP contribution in [0.3, 0.4) is 0 Å². The maximum atomic E-state index is 6.20. The van der Waals surface area contributed by atoms with Crippen molar-refractivity contribution < 1.29 is 9.47 Å². The molecule has 6 nitrogen and oxygen atoms in total. The van der Waals surface area contributed by atoms with E-state index in [1.807, 2.05) is 41.2 Å². The highest BCUT2D eigenvalue weighted by atomic mass is 16.5. The van der Waals surface area contributed by atoms with Gasteiger partial charge in [-0.2, -0.15) is 5.10 Å². The predicted octanol–water partition coefficient (Wildman–Crippen LogP) is 2.89. The number of hydrogen-bond acceptors (Lipinski definition) is 5. The molecule has 0 saturated heterocycles. The quantitative estimate of drug-likeness (QED) is 0.673. The Kier molecular flexibility index (Phi) is 5.46. The molecule has 1 atom stereocenters. The fraction of sp³-hybridized carbons (Fsp3) is 0.333. The molecule has 6 heteroatoms. The lowest BCUT2D eigenvalue weighted by atomic mass is 10.1. The van der Waals surface area contributed by atoms with Crippen LogP contribution in [0.4, 0.5) is 0 Å². The van der Waals surface area contributed by atoms with Gasteiger partial charge in [-0.25, -0.2) is 0 Å². The number of fused-ring (bicyclic) bond motifs is 1. The molecule has 0 amide bonds. The second kappa shape index (κ2) is 8.33. The molecule has 1 unspecified atom stereocenters. The Bertz CT molecular complexity index is 865. The highest BCUT2D eigenvalue weighted by Crippen LogP contribution is 2.22. The number of aromatic nitrogens is 3. The second-order valence-electron chi connectivity index (χ2n) is 6.74. The molecule has 0 radical (unpaired) electrons. The summed E-state index contributed by atoms with van der Waals surface area (Å²) in [5.41, 5.74) is 3.32. The maximum Gasteiger partial charge on any atom is 0.123 e. The number of nitrogens with zero attached hydrogens (tertiary/aromatic N) is 4. The van der Waals surface area contributed by atoms with Gasteiger partial charge in [0.05, 0.1) is 37.8 Å². The molecular weight excluding hydrogens is 340 g/mol. The smallest absolute Gasteiger partial charge is 0.123 e. The third-order valence-corrected chi connectivity index (χ3v) is 4.81. The minimum absolute atomic E-state index is 0.0443. The molecular formula is C21H24N4O2. The fourth-order valence-corrected chi connectivity index (χ4v) is 3.48. The number of benzene rings is 1. The van der Waals surface area contributed by atoms with Crippen LogP contribution in [-0.4, -0.2) is 39.4 Å². The zero-order valence-corrected chi connectivity index (χ0v) is 15.5. The lowest BCUT2D eigenvalue weighted by Gasteiger charge is -2.24. The molecule has 1 aromatic carbocycles. The summed E-state index contributed by atoms with van der Waals surface area (Å²) >= 11 is 0. The Hall–Kier alpha value is -2.70. The minimum Gasteiger partial charge on any atom is -0.496 e. The van der Waals surface area contributed by atoms with Crippen LogP contribution in [0.25, 0.3) is 0 Å². The molecule has 0 N–H and O–H groups in total. The molecule has 140 valence electrons. The summed E-state index contributed by atoms with van der Waals surface area (Å²) in [6.07, 6.45) is 3.70. The van der Waals surface area contributed by atoms with Crippen LogP contribution in [0.5, 0.6) is 5.75 Å². The number of hydrogen-bond donors (Lipinski definition) is 0. The molecule has 0 fully saturated rings. The van der Waals surface area contributed by atoms with Crippen molar-refractivity contribution in [2.75, 3.05) is 13.7 Å². The van der Waals surface area contributed by atoms with Crippen molar-refractivity contribution in [3.8, 4) is 5.75 Å². The van der Waals surface area contributed by atoms with Gasteiger partial charge in [-0.3, -0.25) is 14.6 Å². The molecule has 0 saturated carbocycles. The zero-order valence-electron chi connectivity index (χ0n) is 15.5. The number of ether oxygens (including phenoxy) is 2. The van der Waals surface area contributed by atoms with Gasteiger partial charge in [-0.1, -0.05) is 24.3 Å². The molecule has 1 aliphatic rings. The Morgan fingerprint density at radius 1 is 1.04 bits per heavy atom. The summed E-state index contributed by atoms with van der Waals surface area (Å²) in [6.45, 7) is 3.72. The summed E-state index contributed by atoms with van der Waals surface area (Å²) in [7, 11) is 1.72. The van der Waals surface area contributed by atoms with E-state index >= 15 is 0 Å². The third-order valence-electron chi connectivity index (χ3n) is 4.81. The largest absolute Gasteiger partial charge is 0.496 e. The van der Waals surface area contributed by atoms with Gasteiger partial charge in [-0.05, 0) is 24.3 Å². The van der Waals surface area contributed by atoms with E-state index in [4.69, 9.17) is 9.47 Å². The van der Waals surface area contributed by atoms with E-state index in [1.165, 1.54) is 11.3 Å². The molecule has 2 aromatic heterocycles. The summed E-state index contributed by atoms with van der Waals surface area (Å²) < 4.78 is 13.8. The van der Waals surface area contributed by atoms with Crippen LogP contribution >= 0.6 is 0 Å². The molecule has 0 bridgehead atoms. The lowest BCUT2D eigenvalue weighted by Crippen LogP contribution is -2.33. The molecule has 27 heavy (non-hydrogen) atoms. The Morgan fingerprint density at radius 3 is 2.78 bits per heavy atom. The molecule has 4 rings (SSSR count). The number of pyridine rings is 1. The summed E-state index contributed by atoms with van der Waals surface area (Å²) in [4.78, 5) is 6.74. The number of para-hydroxylation sites is 1. The van der Waals surface area contributed by atoms with E-state index in [0.717, 1.165) is 37.6 Å². The molecule has 1 aliphatic heterocycles. The van der Waals surface area contributed by atoms with E-state index in [9.17, 15) is 0 Å². The monoisotopic (exact) mass is 364 g/mol. The average Bonchev–Trinajstić information content (AvgIpc) is 3.06. The van der Waals surface area contributed by atoms with Gasteiger partial charge in [0, 0.05) is 37.6 Å². The van der Waals surface area contributed by atoms with Crippen LogP contribution in [0.15, 0.2) is 60.9 Å². The van der Waals surface area contributed by atoms with E-state index in [2.05, 4.69) is 33.2 Å². The first-order valence-corrected chi connectivity index (χ1v) is 9.18. The van der Waals surface area contributed by atoms with Crippen LogP contribution in [0, 0.1) is 0 Å². The minimum atomic E-state index is 0.0443. The highest BCUT2D eigenvalue weighted by molar-refractivity contribution is 5.33. The van der Waals surface area contributed by atoms with Crippen molar-refractivity contribution in [1.82, 2.24) is 19.7 Å². The summed E-state index contributed by atoms with van der Waals surface area (Å²) in [5.74, 6) is 0.918. The van der Waals surface area contributed by atoms with Crippen molar-refractivity contribution in [2.24, 2.45) is 0 Å². The van der Waals surface area contributed by atoms with Crippen molar-refractivity contribution in [1.29, 1.82) is 0 Å². The Balaban J connectivity index is 1.49. The van der Waals surface area contributed by atoms with Crippen LogP contribution in [0.1, 0.15) is 17.0 Å². The van der Waals surface area contributed by atoms with E-state index in [1.54, 1.807) is 13.3 Å². The number of methoxy groups -OCH3 is 1. The predicted molar refractivity (Wildman–Crippen MR) is 102 cm³/mol. The number of rotatable bonds is 6. The fourth-order valence-electron chi connectivity index (χ4n) is 3.48. The third kappa shape index (κ3) is 4.35. The first-order chi connectivity index (χ1) is 13.3. The van der Waals surface area contributed by atoms with Gasteiger partial charge < -0.3 is 9.47 Å². The van der Waals surface area contributed by atoms with E-state index in [0.29, 0.717) is 6.61 Å². The van der Waals surface area contributed by atoms with Crippen molar-refractivity contribution in [2.45, 2.75) is 32.3 Å². The molecule has 0 aliphatic carbocycles. The SMILES string of the molecule is COc1ccccc1CN1Cc2ccnn2CC(OCc2ccccn2)C1. The van der Waals surface area contributed by atoms with Crippen LogP contribution in [0.2, 0.25) is 0 Å². The average molecular weight is 364 g/mol. The van der Waals surface area contributed by atoms with Gasteiger partial charge in [0.2, 0.25) is 0 Å². The van der Waals surface area contributed by atoms with E-state index < -0.39 is 0 Å². The van der Waals surface area contributed by atoms with Crippen molar-refractivity contribution >= 4 is 0 Å². The van der Waals surface area contributed by atoms with Gasteiger partial charge in [-0.15, -0.1) is 0 Å². The Morgan fingerprint density at radius 2 is 1.93 bits per heavy atom. The molecule has 3 heterocycles. The molecule has 3 aromatic rings. The standard InChI is InChI=1S/C21H24N4O2/c1-26-21-8-3-2-6-17(21)12-24-13-19-9-11-23-25(19)15-20(14-24)27-16-18-7-4-5-10-22-18/h2-11,20H,12-16H2,1H3. The first-order valence-electron chi connectivity index (χ1n) is 9.18. The van der Waals surface area contributed by atoms with Crippen molar-refractivity contribution in [3.05, 3.63) is 77.9 Å². The summed E-state index contributed by atoms with van der Waals surface area (Å²) in [5, 5.41) is 4.47. The second-order valence-corrected chi connectivity index (χ2v) is 6.74. The van der Waals surface area contributed by atoms with Crippen molar-refractivity contribution in [3.63, 3.8) is 0 Å². The summed E-state index contributed by atoms with van der Waals surface area (Å²) in [6, 6.07) is 16.1. The van der Waals surface area contributed by atoms with Gasteiger partial charge in [0.15, 0.2) is 0 Å². The van der Waals surface area contributed by atoms with E-state index in [-0.39, 0.29) is 6.10 Å². The maximum absolute atomic E-state index is 6.20. The van der Waals surface area contributed by atoms with Gasteiger partial charge in [0.25, 0.3) is 0 Å². The Labute approximate surface area is 159 Å². The highest BCUT2D eigenvalue weighted by Gasteiger charge is 2.23. The zero-order chi connectivity index (χ0) is 18.5. The van der Waals surface area contributed by atoms with Gasteiger partial charge >= 0.3 is 0 Å². The molecule has 0 spiro atoms. The van der Waals surface area contributed by atoms with Crippen LogP contribution in [-0.2, 0) is 31.0 Å². The first kappa shape index (κ1) is 17.7. The normalized spacial score (nSPS) is 17.3.